The highest BCUT2D eigenvalue weighted by molar-refractivity contribution is 6.00. The molecule has 1 amide bonds. The van der Waals surface area contributed by atoms with Crippen LogP contribution in [0.3, 0.4) is 0 Å². The van der Waals surface area contributed by atoms with Gasteiger partial charge in [0.2, 0.25) is 0 Å². The Hall–Kier alpha value is -2.80. The molecule has 0 unspecified atom stereocenters. The second-order valence-electron chi connectivity index (χ2n) is 8.28. The maximum Gasteiger partial charge on any atom is 0.257 e. The molecular formula is C24H35N5O2. The Bertz CT molecular complexity index is 892. The first-order valence-electron chi connectivity index (χ1n) is 10.9. The number of benzene rings is 1. The summed E-state index contributed by atoms with van der Waals surface area (Å²) in [7, 11) is 5.27. The first-order chi connectivity index (χ1) is 14.9. The van der Waals surface area contributed by atoms with Crippen molar-refractivity contribution in [3.63, 3.8) is 0 Å². The molecule has 0 spiro atoms. The van der Waals surface area contributed by atoms with Crippen LogP contribution >= 0.6 is 0 Å². The van der Waals surface area contributed by atoms with E-state index in [4.69, 9.17) is 4.74 Å². The molecule has 1 aliphatic heterocycles. The second-order valence-corrected chi connectivity index (χ2v) is 8.28. The van der Waals surface area contributed by atoms with E-state index in [1.165, 1.54) is 5.69 Å². The number of pyridine rings is 1. The van der Waals surface area contributed by atoms with Crippen molar-refractivity contribution in [2.45, 2.75) is 20.3 Å². The molecule has 3 rings (SSSR count). The Morgan fingerprint density at radius 1 is 1.16 bits per heavy atom. The van der Waals surface area contributed by atoms with Crippen molar-refractivity contribution in [2.75, 3.05) is 70.7 Å². The molecular weight excluding hydrogens is 390 g/mol. The van der Waals surface area contributed by atoms with E-state index in [1.54, 1.807) is 26.1 Å². The average molecular weight is 426 g/mol. The molecule has 168 valence electrons. The van der Waals surface area contributed by atoms with Gasteiger partial charge in [-0.15, -0.1) is 0 Å². The van der Waals surface area contributed by atoms with Crippen LogP contribution in [0.4, 0.5) is 11.5 Å². The normalized spacial score (nSPS) is 14.4. The second kappa shape index (κ2) is 10.5. The summed E-state index contributed by atoms with van der Waals surface area (Å²) in [6.07, 6.45) is 0.999. The molecule has 0 bridgehead atoms. The van der Waals surface area contributed by atoms with Gasteiger partial charge in [0.15, 0.2) is 0 Å². The Labute approximate surface area is 186 Å². The number of piperazine rings is 1. The molecule has 7 heteroatoms. The van der Waals surface area contributed by atoms with Gasteiger partial charge in [-0.25, -0.2) is 4.98 Å². The molecule has 0 radical (unpaired) electrons. The van der Waals surface area contributed by atoms with Crippen LogP contribution in [-0.4, -0.2) is 81.2 Å². The van der Waals surface area contributed by atoms with E-state index in [1.807, 2.05) is 32.0 Å². The molecule has 7 nitrogen and oxygen atoms in total. The zero-order valence-electron chi connectivity index (χ0n) is 19.4. The van der Waals surface area contributed by atoms with Crippen LogP contribution < -0.4 is 15.0 Å². The standard InChI is InChI=1S/C24H35N5O2/c1-18-17-19(2)26-23(22(18)24(30)27(3)4)25-11-8-12-28-13-15-29(16-14-28)20-9-6-7-10-21(20)31-5/h6-7,9-10,17H,8,11-16H2,1-5H3,(H,25,26). The van der Waals surface area contributed by atoms with Gasteiger partial charge in [-0.1, -0.05) is 12.1 Å². The van der Waals surface area contributed by atoms with E-state index in [0.717, 1.165) is 62.7 Å². The van der Waals surface area contributed by atoms with Crippen LogP contribution in [-0.2, 0) is 0 Å². The summed E-state index contributed by atoms with van der Waals surface area (Å²) < 4.78 is 5.51. The SMILES string of the molecule is COc1ccccc1N1CCN(CCCNc2nc(C)cc(C)c2C(=O)N(C)C)CC1. The molecule has 0 aliphatic carbocycles. The molecule has 1 aromatic carbocycles. The fourth-order valence-corrected chi connectivity index (χ4v) is 4.07. The van der Waals surface area contributed by atoms with Gasteiger partial charge in [-0.3, -0.25) is 9.69 Å². The summed E-state index contributed by atoms with van der Waals surface area (Å²) in [5.41, 5.74) is 3.72. The van der Waals surface area contributed by atoms with Crippen molar-refractivity contribution in [3.8, 4) is 5.75 Å². The quantitative estimate of drug-likeness (QED) is 0.656. The number of hydrogen-bond donors (Lipinski definition) is 1. The minimum atomic E-state index is -0.0139. The minimum absolute atomic E-state index is 0.0139. The third-order valence-corrected chi connectivity index (χ3v) is 5.71. The minimum Gasteiger partial charge on any atom is -0.495 e. The van der Waals surface area contributed by atoms with E-state index in [2.05, 4.69) is 32.2 Å². The first kappa shape index (κ1) is 22.9. The van der Waals surface area contributed by atoms with Crippen molar-refractivity contribution >= 4 is 17.4 Å². The third kappa shape index (κ3) is 5.67. The number of para-hydroxylation sites is 2. The molecule has 1 saturated heterocycles. The number of carbonyl (C=O) groups excluding carboxylic acids is 1. The molecule has 1 aliphatic rings. The molecule has 31 heavy (non-hydrogen) atoms. The lowest BCUT2D eigenvalue weighted by Crippen LogP contribution is -2.47. The number of ether oxygens (including phenoxy) is 1. The van der Waals surface area contributed by atoms with Crippen molar-refractivity contribution < 1.29 is 9.53 Å². The molecule has 0 atom stereocenters. The molecule has 1 aromatic heterocycles. The summed E-state index contributed by atoms with van der Waals surface area (Å²) in [5.74, 6) is 1.61. The zero-order chi connectivity index (χ0) is 22.4. The lowest BCUT2D eigenvalue weighted by Gasteiger charge is -2.36. The van der Waals surface area contributed by atoms with Gasteiger partial charge in [0, 0.05) is 52.5 Å². The van der Waals surface area contributed by atoms with Gasteiger partial charge in [0.05, 0.1) is 18.4 Å². The number of anilines is 2. The number of nitrogens with one attached hydrogen (secondary N) is 1. The molecule has 1 fully saturated rings. The fraction of sp³-hybridized carbons (Fsp3) is 0.500. The average Bonchev–Trinajstić information content (AvgIpc) is 2.76. The molecule has 2 aromatic rings. The lowest BCUT2D eigenvalue weighted by atomic mass is 10.1. The number of carbonyl (C=O) groups is 1. The predicted octanol–water partition coefficient (Wildman–Crippen LogP) is 3.03. The number of aromatic nitrogens is 1. The van der Waals surface area contributed by atoms with Gasteiger partial charge in [-0.2, -0.15) is 0 Å². The Kier molecular flexibility index (Phi) is 7.74. The van der Waals surface area contributed by atoms with Gasteiger partial charge >= 0.3 is 0 Å². The van der Waals surface area contributed by atoms with Crippen LogP contribution in [0.25, 0.3) is 0 Å². The monoisotopic (exact) mass is 425 g/mol. The number of rotatable bonds is 8. The fourth-order valence-electron chi connectivity index (χ4n) is 4.07. The van der Waals surface area contributed by atoms with Crippen LogP contribution in [0.15, 0.2) is 30.3 Å². The zero-order valence-corrected chi connectivity index (χ0v) is 19.4. The number of aryl methyl sites for hydroxylation is 2. The van der Waals surface area contributed by atoms with Gasteiger partial charge in [-0.05, 0) is 50.6 Å². The van der Waals surface area contributed by atoms with Crippen LogP contribution in [0, 0.1) is 13.8 Å². The maximum atomic E-state index is 12.6. The van der Waals surface area contributed by atoms with E-state index in [9.17, 15) is 4.79 Å². The van der Waals surface area contributed by atoms with E-state index < -0.39 is 0 Å². The van der Waals surface area contributed by atoms with Crippen LogP contribution in [0.1, 0.15) is 28.0 Å². The first-order valence-corrected chi connectivity index (χ1v) is 10.9. The molecule has 1 N–H and O–H groups in total. The van der Waals surface area contributed by atoms with Crippen LogP contribution in [0.2, 0.25) is 0 Å². The molecule has 0 saturated carbocycles. The van der Waals surface area contributed by atoms with E-state index >= 15 is 0 Å². The Morgan fingerprint density at radius 3 is 2.55 bits per heavy atom. The van der Waals surface area contributed by atoms with Crippen molar-refractivity contribution in [1.82, 2.24) is 14.8 Å². The van der Waals surface area contributed by atoms with E-state index in [-0.39, 0.29) is 5.91 Å². The summed E-state index contributed by atoms with van der Waals surface area (Å²) in [6, 6.07) is 10.2. The summed E-state index contributed by atoms with van der Waals surface area (Å²) in [5, 5.41) is 3.41. The number of amides is 1. The highest BCUT2D eigenvalue weighted by atomic mass is 16.5. The topological polar surface area (TPSA) is 60.9 Å². The predicted molar refractivity (Wildman–Crippen MR) is 126 cm³/mol. The lowest BCUT2D eigenvalue weighted by molar-refractivity contribution is 0.0827. The highest BCUT2D eigenvalue weighted by Gasteiger charge is 2.20. The van der Waals surface area contributed by atoms with Gasteiger partial charge in [0.25, 0.3) is 5.91 Å². The summed E-state index contributed by atoms with van der Waals surface area (Å²) in [4.78, 5) is 23.7. The van der Waals surface area contributed by atoms with Gasteiger partial charge in [0.1, 0.15) is 11.6 Å². The maximum absolute atomic E-state index is 12.6. The highest BCUT2D eigenvalue weighted by Crippen LogP contribution is 2.28. The summed E-state index contributed by atoms with van der Waals surface area (Å²) >= 11 is 0. The van der Waals surface area contributed by atoms with E-state index in [0.29, 0.717) is 11.4 Å². The largest absolute Gasteiger partial charge is 0.495 e. The van der Waals surface area contributed by atoms with Crippen molar-refractivity contribution in [3.05, 3.63) is 47.2 Å². The Balaban J connectivity index is 1.50. The smallest absolute Gasteiger partial charge is 0.257 e. The number of nitrogens with zero attached hydrogens (tertiary/aromatic N) is 4. The van der Waals surface area contributed by atoms with Crippen molar-refractivity contribution in [2.24, 2.45) is 0 Å². The Morgan fingerprint density at radius 2 is 1.87 bits per heavy atom. The van der Waals surface area contributed by atoms with Crippen LogP contribution in [0.5, 0.6) is 5.75 Å². The summed E-state index contributed by atoms with van der Waals surface area (Å²) in [6.45, 7) is 9.79. The molecule has 2 heterocycles. The number of hydrogen-bond acceptors (Lipinski definition) is 6. The van der Waals surface area contributed by atoms with Gasteiger partial charge < -0.3 is 19.9 Å². The van der Waals surface area contributed by atoms with Crippen molar-refractivity contribution in [1.29, 1.82) is 0 Å². The third-order valence-electron chi connectivity index (χ3n) is 5.71. The number of methoxy groups -OCH3 is 1.